The fourth-order valence-electron chi connectivity index (χ4n) is 3.88. The number of amides is 1. The van der Waals surface area contributed by atoms with Crippen LogP contribution in [0.25, 0.3) is 0 Å². The fraction of sp³-hybridized carbons (Fsp3) is 0.185. The maximum absolute atomic E-state index is 12.5. The summed E-state index contributed by atoms with van der Waals surface area (Å²) >= 11 is 3.29. The Labute approximate surface area is 225 Å². The number of aryl methyl sites for hydroxylation is 1. The van der Waals surface area contributed by atoms with Crippen molar-refractivity contribution in [1.29, 1.82) is 0 Å². The third-order valence-corrected chi connectivity index (χ3v) is 6.50. The highest BCUT2D eigenvalue weighted by molar-refractivity contribution is 9.10. The van der Waals surface area contributed by atoms with Gasteiger partial charge in [-0.3, -0.25) is 24.5 Å². The van der Waals surface area contributed by atoms with Crippen molar-refractivity contribution >= 4 is 50.9 Å². The number of ketones is 1. The molecule has 11 heteroatoms. The van der Waals surface area contributed by atoms with Crippen molar-refractivity contribution in [3.05, 3.63) is 98.0 Å². The topological polar surface area (TPSA) is 133 Å². The molecular formula is C27H21BrN2O8. The molecule has 1 atom stereocenters. The highest BCUT2D eigenvalue weighted by Gasteiger charge is 2.37. The van der Waals surface area contributed by atoms with Gasteiger partial charge < -0.3 is 14.4 Å². The molecule has 1 amide bonds. The van der Waals surface area contributed by atoms with E-state index in [1.165, 1.54) is 41.3 Å². The summed E-state index contributed by atoms with van der Waals surface area (Å²) in [5, 5.41) is 11.2. The molecule has 0 saturated carbocycles. The Morgan fingerprint density at radius 3 is 2.34 bits per heavy atom. The first-order chi connectivity index (χ1) is 18.1. The van der Waals surface area contributed by atoms with Crippen LogP contribution in [0.2, 0.25) is 0 Å². The number of carbonyl (C=O) groups excluding carboxylic acids is 4. The second-order valence-electron chi connectivity index (χ2n) is 8.58. The number of ether oxygens (including phenoxy) is 2. The Hall–Kier alpha value is -4.38. The van der Waals surface area contributed by atoms with Crippen LogP contribution in [0.4, 0.5) is 11.4 Å². The van der Waals surface area contributed by atoms with Crippen molar-refractivity contribution in [3.63, 3.8) is 0 Å². The normalized spacial score (nSPS) is 14.7. The second-order valence-corrected chi connectivity index (χ2v) is 9.50. The quantitative estimate of drug-likeness (QED) is 0.123. The minimum atomic E-state index is -0.809. The zero-order valence-electron chi connectivity index (χ0n) is 20.1. The Kier molecular flexibility index (Phi) is 7.96. The van der Waals surface area contributed by atoms with Crippen LogP contribution in [0, 0.1) is 23.0 Å². The first kappa shape index (κ1) is 26.7. The molecule has 1 fully saturated rings. The number of rotatable bonds is 8. The standard InChI is InChI=1S/C27H21BrN2O8/c1-16-2-9-21(13-23(16)30(35)36)29-14-19(12-25(29)32)26(33)37-15-24(31)17-5-10-22(11-6-17)38-27(34)18-3-7-20(28)8-4-18/h2-11,13,19H,12,14-15H2,1H3/t19-/m1/s1. The SMILES string of the molecule is Cc1ccc(N2C[C@H](C(=O)OCC(=O)c3ccc(OC(=O)c4ccc(Br)cc4)cc3)CC2=O)cc1[N+](=O)[O-]. The van der Waals surface area contributed by atoms with E-state index in [1.54, 1.807) is 37.3 Å². The van der Waals surface area contributed by atoms with E-state index in [9.17, 15) is 29.3 Å². The number of benzene rings is 3. The molecule has 0 radical (unpaired) electrons. The molecule has 4 rings (SSSR count). The molecule has 0 aliphatic carbocycles. The van der Waals surface area contributed by atoms with E-state index in [0.717, 1.165) is 4.47 Å². The lowest BCUT2D eigenvalue weighted by Crippen LogP contribution is -2.27. The van der Waals surface area contributed by atoms with Gasteiger partial charge in [0.15, 0.2) is 12.4 Å². The predicted molar refractivity (Wildman–Crippen MR) is 139 cm³/mol. The van der Waals surface area contributed by atoms with E-state index in [0.29, 0.717) is 16.8 Å². The van der Waals surface area contributed by atoms with E-state index in [1.807, 2.05) is 0 Å². The van der Waals surface area contributed by atoms with Crippen molar-refractivity contribution in [2.75, 3.05) is 18.1 Å². The molecule has 3 aromatic carbocycles. The van der Waals surface area contributed by atoms with Gasteiger partial charge in [0.2, 0.25) is 5.91 Å². The minimum absolute atomic E-state index is 0.00942. The van der Waals surface area contributed by atoms with Gasteiger partial charge in [0.05, 0.1) is 22.1 Å². The maximum Gasteiger partial charge on any atom is 0.343 e. The average Bonchev–Trinajstić information content (AvgIpc) is 3.29. The molecule has 0 spiro atoms. The molecule has 10 nitrogen and oxygen atoms in total. The van der Waals surface area contributed by atoms with Crippen LogP contribution >= 0.6 is 15.9 Å². The van der Waals surface area contributed by atoms with E-state index >= 15 is 0 Å². The molecule has 38 heavy (non-hydrogen) atoms. The van der Waals surface area contributed by atoms with Gasteiger partial charge in [-0.2, -0.15) is 0 Å². The zero-order chi connectivity index (χ0) is 27.4. The number of hydrogen-bond acceptors (Lipinski definition) is 8. The van der Waals surface area contributed by atoms with Gasteiger partial charge in [-0.15, -0.1) is 0 Å². The maximum atomic E-state index is 12.5. The van der Waals surface area contributed by atoms with Crippen LogP contribution in [0.1, 0.15) is 32.7 Å². The molecule has 0 N–H and O–H groups in total. The van der Waals surface area contributed by atoms with Gasteiger partial charge in [-0.05, 0) is 61.5 Å². The number of carbonyl (C=O) groups is 4. The monoisotopic (exact) mass is 580 g/mol. The van der Waals surface area contributed by atoms with Crippen molar-refractivity contribution in [1.82, 2.24) is 0 Å². The summed E-state index contributed by atoms with van der Waals surface area (Å²) in [6, 6.07) is 16.9. The summed E-state index contributed by atoms with van der Waals surface area (Å²) in [6.45, 7) is 1.05. The van der Waals surface area contributed by atoms with Crippen LogP contribution in [0.15, 0.2) is 71.2 Å². The van der Waals surface area contributed by atoms with Gasteiger partial charge in [0.1, 0.15) is 5.75 Å². The number of esters is 2. The molecule has 1 heterocycles. The smallest absolute Gasteiger partial charge is 0.343 e. The summed E-state index contributed by atoms with van der Waals surface area (Å²) in [5.41, 5.74) is 1.26. The highest BCUT2D eigenvalue weighted by atomic mass is 79.9. The van der Waals surface area contributed by atoms with Gasteiger partial charge in [0.25, 0.3) is 5.69 Å². The largest absolute Gasteiger partial charge is 0.457 e. The lowest BCUT2D eigenvalue weighted by Gasteiger charge is -2.16. The number of nitro benzene ring substituents is 1. The first-order valence-corrected chi connectivity index (χ1v) is 12.2. The van der Waals surface area contributed by atoms with Gasteiger partial charge >= 0.3 is 11.9 Å². The van der Waals surface area contributed by atoms with Crippen LogP contribution in [0.5, 0.6) is 5.75 Å². The number of nitro groups is 1. The lowest BCUT2D eigenvalue weighted by molar-refractivity contribution is -0.385. The molecule has 0 unspecified atom stereocenters. The number of Topliss-reactive ketones (excluding diaryl/α,β-unsaturated/α-hetero) is 1. The minimum Gasteiger partial charge on any atom is -0.457 e. The Morgan fingerprint density at radius 1 is 1.03 bits per heavy atom. The van der Waals surface area contributed by atoms with Crippen molar-refractivity contribution in [3.8, 4) is 5.75 Å². The third kappa shape index (κ3) is 6.12. The molecule has 0 aromatic heterocycles. The number of hydrogen-bond donors (Lipinski definition) is 0. The average molecular weight is 581 g/mol. The third-order valence-electron chi connectivity index (χ3n) is 5.97. The summed E-state index contributed by atoms with van der Waals surface area (Å²) in [4.78, 5) is 61.7. The first-order valence-electron chi connectivity index (χ1n) is 11.5. The van der Waals surface area contributed by atoms with E-state index < -0.39 is 35.2 Å². The molecule has 194 valence electrons. The molecule has 0 bridgehead atoms. The molecule has 3 aromatic rings. The second kappa shape index (κ2) is 11.3. The van der Waals surface area contributed by atoms with Crippen LogP contribution < -0.4 is 9.64 Å². The summed E-state index contributed by atoms with van der Waals surface area (Å²) in [5.74, 6) is -2.67. The van der Waals surface area contributed by atoms with Crippen LogP contribution in [-0.2, 0) is 14.3 Å². The molecular weight excluding hydrogens is 560 g/mol. The van der Waals surface area contributed by atoms with Crippen LogP contribution in [-0.4, -0.2) is 41.7 Å². The highest BCUT2D eigenvalue weighted by Crippen LogP contribution is 2.30. The van der Waals surface area contributed by atoms with Crippen molar-refractivity contribution in [2.24, 2.45) is 5.92 Å². The molecule has 1 aliphatic rings. The summed E-state index contributed by atoms with van der Waals surface area (Å²) in [6.07, 6.45) is -0.132. The number of anilines is 1. The van der Waals surface area contributed by atoms with E-state index in [4.69, 9.17) is 9.47 Å². The Balaban J connectivity index is 1.31. The predicted octanol–water partition coefficient (Wildman–Crippen LogP) is 4.66. The fourth-order valence-corrected chi connectivity index (χ4v) is 4.14. The van der Waals surface area contributed by atoms with Crippen molar-refractivity contribution < 1.29 is 33.6 Å². The summed E-state index contributed by atoms with van der Waals surface area (Å²) in [7, 11) is 0. The van der Waals surface area contributed by atoms with Gasteiger partial charge in [-0.1, -0.05) is 22.0 Å². The molecule has 1 aliphatic heterocycles. The van der Waals surface area contributed by atoms with E-state index in [-0.39, 0.29) is 35.9 Å². The number of nitrogens with zero attached hydrogens (tertiary/aromatic N) is 2. The zero-order valence-corrected chi connectivity index (χ0v) is 21.7. The van der Waals surface area contributed by atoms with Gasteiger partial charge in [0, 0.05) is 34.6 Å². The Morgan fingerprint density at radius 2 is 1.68 bits per heavy atom. The van der Waals surface area contributed by atoms with E-state index in [2.05, 4.69) is 15.9 Å². The van der Waals surface area contributed by atoms with Gasteiger partial charge in [-0.25, -0.2) is 4.79 Å². The van der Waals surface area contributed by atoms with Crippen molar-refractivity contribution in [2.45, 2.75) is 13.3 Å². The lowest BCUT2D eigenvalue weighted by atomic mass is 10.1. The number of halogens is 1. The Bertz CT molecular complexity index is 1420. The summed E-state index contributed by atoms with van der Waals surface area (Å²) < 4.78 is 11.3. The van der Waals surface area contributed by atoms with Crippen LogP contribution in [0.3, 0.4) is 0 Å². The molecule has 1 saturated heterocycles.